The molecule has 4 aromatic carbocycles. The van der Waals surface area contributed by atoms with Gasteiger partial charge in [0.15, 0.2) is 24.1 Å². The van der Waals surface area contributed by atoms with Crippen LogP contribution in [-0.2, 0) is 49.4 Å². The zero-order valence-corrected chi connectivity index (χ0v) is 36.2. The van der Waals surface area contributed by atoms with Crippen LogP contribution in [0.3, 0.4) is 0 Å². The van der Waals surface area contributed by atoms with Gasteiger partial charge in [0.2, 0.25) is 0 Å². The minimum absolute atomic E-state index is 0.312. The number of halogens is 25. The summed E-state index contributed by atoms with van der Waals surface area (Å²) < 4.78 is 353. The van der Waals surface area contributed by atoms with Crippen molar-refractivity contribution in [2.24, 2.45) is 0 Å². The van der Waals surface area contributed by atoms with Crippen molar-refractivity contribution < 1.29 is 145 Å². The summed E-state index contributed by atoms with van der Waals surface area (Å²) in [5.41, 5.74) is -30.2. The van der Waals surface area contributed by atoms with E-state index in [4.69, 9.17) is 8.83 Å². The van der Waals surface area contributed by atoms with Crippen LogP contribution in [0.5, 0.6) is 0 Å². The normalized spacial score (nSPS) is 13.4. The summed E-state index contributed by atoms with van der Waals surface area (Å²) in [6.45, 7) is 0. The van der Waals surface area contributed by atoms with Crippen molar-refractivity contribution in [3.8, 4) is 0 Å². The average molecular weight is 1180 g/mol. The van der Waals surface area contributed by atoms with Gasteiger partial charge in [0.05, 0.1) is 44.5 Å². The second kappa shape index (κ2) is 19.4. The molecule has 388 valence electrons. The van der Waals surface area contributed by atoms with Crippen LogP contribution >= 0.6 is 0 Å². The van der Waals surface area contributed by atoms with Crippen LogP contribution in [0.15, 0.2) is 106 Å². The molecule has 6 aromatic rings. The zero-order valence-electron chi connectivity index (χ0n) is 34.1. The van der Waals surface area contributed by atoms with Crippen molar-refractivity contribution in [2.75, 3.05) is 0 Å². The van der Waals surface area contributed by atoms with Crippen LogP contribution < -0.4 is 43.1 Å². The Kier molecular flexibility index (Phi) is 15.3. The third kappa shape index (κ3) is 12.9. The van der Waals surface area contributed by atoms with Crippen LogP contribution in [-0.4, -0.2) is 18.7 Å². The van der Waals surface area contributed by atoms with Crippen molar-refractivity contribution >= 4 is 40.6 Å². The molecule has 2 aromatic heterocycles. The number of carbonyl (C=O) groups excluding carboxylic acids is 2. The molecule has 0 fully saturated rings. The fourth-order valence-electron chi connectivity index (χ4n) is 7.05. The van der Waals surface area contributed by atoms with E-state index in [2.05, 4.69) is 0 Å². The summed E-state index contributed by atoms with van der Waals surface area (Å²) in [4.78, 5) is 20.7. The van der Waals surface area contributed by atoms with Crippen molar-refractivity contribution in [3.05, 3.63) is 161 Å². The highest BCUT2D eigenvalue weighted by atomic mass is 127. The number of carbonyl (C=O) groups is 2. The Bertz CT molecular complexity index is 2460. The molecule has 0 amide bonds. The fraction of sp³-hybridized carbons (Fsp3) is 0.190. The molecule has 30 heteroatoms. The predicted octanol–water partition coefficient (Wildman–Crippen LogP) is 9.84. The van der Waals surface area contributed by atoms with E-state index in [1.165, 1.54) is 0 Å². The topological polar surface area (TPSA) is 60.4 Å². The second-order valence-electron chi connectivity index (χ2n) is 14.8. The number of aldehydes is 2. The molecule has 0 aliphatic rings. The largest absolute Gasteiger partial charge is 0.443 e. The smallest absolute Gasteiger partial charge is 0.415 e. The Morgan fingerprint density at radius 2 is 0.486 bits per heavy atom. The van der Waals surface area contributed by atoms with E-state index in [9.17, 15) is 115 Å². The standard InChI is InChI=1S/C32H12BF24.C10H6IO4/c34-25(35,36)13-1-14(26(37,38)39)6-21(5-13)33(22-7-15(27(40,41)42)2-16(8-22)28(43,44)45,23-9-17(29(46,47)48)3-18(10-23)30(49,50)51)24-11-19(31(52,53)54)4-20(12-24)32(55,56)57;12-5-7-1-3-9(14-7)11-10-4-2-8(6-13)15-10/h1-12H;1-6H/q-1;+1. The number of hydrogen-bond acceptors (Lipinski definition) is 4. The third-order valence-corrected chi connectivity index (χ3v) is 12.3. The molecule has 0 atom stereocenters. The Hall–Kier alpha value is -6.11. The maximum atomic E-state index is 14.2. The minimum atomic E-state index is -6.13. The van der Waals surface area contributed by atoms with Gasteiger partial charge in [-0.15, -0.1) is 0 Å². The molecular formula is C42H18BF24IO4. The lowest BCUT2D eigenvalue weighted by atomic mass is 9.12. The van der Waals surface area contributed by atoms with Crippen molar-refractivity contribution in [1.29, 1.82) is 0 Å². The maximum Gasteiger partial charge on any atom is 0.443 e. The van der Waals surface area contributed by atoms with E-state index in [1.54, 1.807) is 24.3 Å². The maximum absolute atomic E-state index is 14.2. The van der Waals surface area contributed by atoms with Crippen molar-refractivity contribution in [3.63, 3.8) is 0 Å². The molecular weight excluding hydrogens is 1160 g/mol. The minimum Gasteiger partial charge on any atom is -0.415 e. The Morgan fingerprint density at radius 3 is 0.625 bits per heavy atom. The first-order chi connectivity index (χ1) is 32.6. The molecule has 0 unspecified atom stereocenters. The summed E-state index contributed by atoms with van der Waals surface area (Å²) in [6, 6.07) is -2.08. The van der Waals surface area contributed by atoms with Gasteiger partial charge in [-0.05, 0) is 36.4 Å². The lowest BCUT2D eigenvalue weighted by molar-refractivity contribution is -0.636. The van der Waals surface area contributed by atoms with E-state index in [-0.39, 0.29) is 0 Å². The zero-order chi connectivity index (χ0) is 54.6. The molecule has 0 N–H and O–H groups in total. The predicted molar refractivity (Wildman–Crippen MR) is 196 cm³/mol. The van der Waals surface area contributed by atoms with Crippen LogP contribution in [0, 0.1) is 7.53 Å². The van der Waals surface area contributed by atoms with Crippen LogP contribution in [0.1, 0.15) is 65.6 Å². The Balaban J connectivity index is 0.000000542. The van der Waals surface area contributed by atoms with Gasteiger partial charge in [0, 0.05) is 12.1 Å². The van der Waals surface area contributed by atoms with Gasteiger partial charge in [-0.1, -0.05) is 48.5 Å². The third-order valence-electron chi connectivity index (χ3n) is 10.0. The van der Waals surface area contributed by atoms with Gasteiger partial charge in [0.1, 0.15) is 6.15 Å². The number of furan rings is 2. The quantitative estimate of drug-likeness (QED) is 0.0660. The Morgan fingerprint density at radius 1 is 0.306 bits per heavy atom. The highest BCUT2D eigenvalue weighted by molar-refractivity contribution is 7.20. The molecule has 0 aliphatic heterocycles. The molecule has 0 saturated carbocycles. The monoisotopic (exact) mass is 1180 g/mol. The summed E-state index contributed by atoms with van der Waals surface area (Å²) in [6.07, 6.45) is -53.5. The molecule has 0 saturated heterocycles. The fourth-order valence-corrected chi connectivity index (χ4v) is 9.02. The molecule has 0 radical (unpaired) electrons. The lowest BCUT2D eigenvalue weighted by Gasteiger charge is -2.46. The van der Waals surface area contributed by atoms with Crippen LogP contribution in [0.4, 0.5) is 105 Å². The van der Waals surface area contributed by atoms with E-state index >= 15 is 0 Å². The molecule has 0 bridgehead atoms. The number of hydrogen-bond donors (Lipinski definition) is 0. The summed E-state index contributed by atoms with van der Waals surface area (Å²) in [5.74, 6) is 0.624. The molecule has 2 heterocycles. The van der Waals surface area contributed by atoms with Gasteiger partial charge in [-0.2, -0.15) is 127 Å². The number of alkyl halides is 24. The highest BCUT2D eigenvalue weighted by Crippen LogP contribution is 2.41. The summed E-state index contributed by atoms with van der Waals surface area (Å²) in [5, 5.41) is 0. The van der Waals surface area contributed by atoms with Crippen molar-refractivity contribution in [1.82, 2.24) is 0 Å². The summed E-state index contributed by atoms with van der Waals surface area (Å²) >= 11 is -0.593. The van der Waals surface area contributed by atoms with Gasteiger partial charge in [0.25, 0.3) is 0 Å². The van der Waals surface area contributed by atoms with Crippen LogP contribution in [0.25, 0.3) is 0 Å². The number of rotatable bonds is 8. The van der Waals surface area contributed by atoms with Gasteiger partial charge >= 0.3 is 78.1 Å². The first kappa shape index (κ1) is 56.8. The lowest BCUT2D eigenvalue weighted by Crippen LogP contribution is -3.61. The van der Waals surface area contributed by atoms with Gasteiger partial charge < -0.3 is 8.83 Å². The first-order valence-corrected chi connectivity index (χ1v) is 20.8. The van der Waals surface area contributed by atoms with E-state index in [0.29, 0.717) is 24.1 Å². The summed E-state index contributed by atoms with van der Waals surface area (Å²) in [7, 11) is 0. The van der Waals surface area contributed by atoms with E-state index in [1.807, 2.05) is 0 Å². The second-order valence-corrected chi connectivity index (χ2v) is 17.5. The Labute approximate surface area is 394 Å². The van der Waals surface area contributed by atoms with Gasteiger partial charge in [-0.3, -0.25) is 9.59 Å². The SMILES string of the molecule is FC(F)(F)c1cc([B-](c2cc(C(F)(F)F)cc(C(F)(F)F)c2)(c2cc(C(F)(F)F)cc(C(F)(F)F)c2)c2cc(C(F)(F)F)cc(C(F)(F)F)c2)cc(C(F)(F)F)c1.O=Cc1ccc([I+]c2ccc(C=O)o2)o1. The molecule has 72 heavy (non-hydrogen) atoms. The molecule has 6 rings (SSSR count). The first-order valence-electron chi connectivity index (χ1n) is 18.7. The highest BCUT2D eigenvalue weighted by Gasteiger charge is 2.47. The van der Waals surface area contributed by atoms with Crippen molar-refractivity contribution in [2.45, 2.75) is 49.4 Å². The number of benzene rings is 4. The average Bonchev–Trinajstić information content (AvgIpc) is 3.91. The van der Waals surface area contributed by atoms with E-state index < -0.39 is 216 Å². The molecule has 0 aliphatic carbocycles. The van der Waals surface area contributed by atoms with Crippen LogP contribution in [0.2, 0.25) is 0 Å². The molecule has 4 nitrogen and oxygen atoms in total. The van der Waals surface area contributed by atoms with Gasteiger partial charge in [-0.25, -0.2) is 0 Å². The van der Waals surface area contributed by atoms with E-state index in [0.717, 1.165) is 7.53 Å². The molecule has 0 spiro atoms.